The molecule has 27 nitrogen and oxygen atoms in total. The lowest BCUT2D eigenvalue weighted by Gasteiger charge is -2.40. The Kier molecular flexibility index (Phi) is 24.9. The van der Waals surface area contributed by atoms with Crippen LogP contribution in [0.15, 0.2) is 105 Å². The fourth-order valence-electron chi connectivity index (χ4n) is 11.1. The van der Waals surface area contributed by atoms with E-state index in [1.165, 1.54) is 13.2 Å². The van der Waals surface area contributed by atoms with Crippen molar-refractivity contribution < 1.29 is 66.7 Å². The molecular formula is C63H84BF2N15O12. The minimum Gasteiger partial charge on any atom is -0.494 e. The molecule has 0 radical (unpaired) electrons. The van der Waals surface area contributed by atoms with Crippen LogP contribution in [-0.4, -0.2) is 184 Å². The van der Waals surface area contributed by atoms with Crippen LogP contribution < -0.4 is 25.6 Å². The lowest BCUT2D eigenvalue weighted by molar-refractivity contribution is -0.384. The highest BCUT2D eigenvalue weighted by molar-refractivity contribution is 6.58. The van der Waals surface area contributed by atoms with Gasteiger partial charge in [0, 0.05) is 94.2 Å². The number of fused-ring (bicyclic) bond motifs is 2. The predicted octanol–water partition coefficient (Wildman–Crippen LogP) is 7.63. The molecule has 0 spiro atoms. The van der Waals surface area contributed by atoms with E-state index in [0.29, 0.717) is 102 Å². The number of aliphatic hydroxyl groups is 3. The van der Waals surface area contributed by atoms with Gasteiger partial charge in [-0.1, -0.05) is 11.3 Å². The lowest BCUT2D eigenvalue weighted by Crippen LogP contribution is -2.59. The van der Waals surface area contributed by atoms with E-state index < -0.39 is 54.5 Å². The van der Waals surface area contributed by atoms with Crippen molar-refractivity contribution in [1.82, 2.24) is 40.3 Å². The van der Waals surface area contributed by atoms with Crippen LogP contribution in [-0.2, 0) is 41.7 Å². The molecule has 30 heteroatoms. The first-order valence-electron chi connectivity index (χ1n) is 31.1. The first kappa shape index (κ1) is 70.4. The van der Waals surface area contributed by atoms with Gasteiger partial charge in [-0.2, -0.15) is 5.11 Å². The topological polar surface area (TPSA) is 323 Å². The Morgan fingerprint density at radius 1 is 0.839 bits per heavy atom. The summed E-state index contributed by atoms with van der Waals surface area (Å²) in [6.45, 7) is 5.05. The largest absolute Gasteiger partial charge is 0.737 e. The number of amides is 3. The smallest absolute Gasteiger partial charge is 0.494 e. The van der Waals surface area contributed by atoms with Crippen LogP contribution >= 0.6 is 0 Å². The van der Waals surface area contributed by atoms with Crippen molar-refractivity contribution in [2.24, 2.45) is 20.5 Å². The van der Waals surface area contributed by atoms with E-state index in [4.69, 9.17) is 18.9 Å². The Balaban J connectivity index is 0.696. The number of ether oxygens (including phenoxy) is 4. The number of azo groups is 2. The van der Waals surface area contributed by atoms with Gasteiger partial charge in [0.1, 0.15) is 53.3 Å². The average molecular weight is 1290 g/mol. The van der Waals surface area contributed by atoms with Gasteiger partial charge in [-0.25, -0.2) is 0 Å². The number of nitro groups is 1. The highest BCUT2D eigenvalue weighted by atomic mass is 19.2. The van der Waals surface area contributed by atoms with E-state index in [0.717, 1.165) is 38.7 Å². The second-order valence-electron chi connectivity index (χ2n) is 23.7. The van der Waals surface area contributed by atoms with Crippen LogP contribution in [0, 0.1) is 37.8 Å². The minimum absolute atomic E-state index is 0.0239. The highest BCUT2D eigenvalue weighted by Gasteiger charge is 2.52. The van der Waals surface area contributed by atoms with E-state index in [2.05, 4.69) is 46.7 Å². The van der Waals surface area contributed by atoms with Crippen molar-refractivity contribution in [2.45, 2.75) is 135 Å². The molecule has 0 saturated carbocycles. The number of aryl methyl sites for hydroxylation is 5. The third-order valence-corrected chi connectivity index (χ3v) is 16.1. The number of unbranched alkanes of at least 4 members (excludes halogenated alkanes) is 1. The quantitative estimate of drug-likeness (QED) is 0.00758. The second kappa shape index (κ2) is 32.9. The number of aromatic nitrogens is 4. The zero-order valence-corrected chi connectivity index (χ0v) is 53.8. The maximum atomic E-state index is 16.0. The van der Waals surface area contributed by atoms with Gasteiger partial charge in [0.05, 0.1) is 49.4 Å². The third-order valence-electron chi connectivity index (χ3n) is 16.1. The number of anilines is 1. The van der Waals surface area contributed by atoms with Crippen LogP contribution in [0.3, 0.4) is 0 Å². The van der Waals surface area contributed by atoms with Crippen molar-refractivity contribution >= 4 is 70.6 Å². The van der Waals surface area contributed by atoms with Crippen molar-refractivity contribution in [2.75, 3.05) is 72.5 Å². The summed E-state index contributed by atoms with van der Waals surface area (Å²) >= 11 is 0. The number of rotatable bonds is 34. The Labute approximate surface area is 538 Å². The van der Waals surface area contributed by atoms with Gasteiger partial charge in [0.25, 0.3) is 5.69 Å². The molecule has 6 atom stereocenters. The first-order chi connectivity index (χ1) is 44.5. The van der Waals surface area contributed by atoms with Crippen LogP contribution in [0.2, 0.25) is 0 Å². The van der Waals surface area contributed by atoms with Crippen LogP contribution in [0.25, 0.3) is 6.08 Å². The molecule has 5 heterocycles. The SMILES string of the molecule is COc1cc(N=Nc2ccc(C)cc2[N+](=O)[O-])c(C)cc1N=Nc1ccc(N(C)CCCC(=O)NCCCO[C@@H]2O[C@H](COCc3cn(CCCNC(=O)[C@H](CCCCN(C)C)NC(=O)CCC4=[N+]5C(=Cc6c(C)cc(C)n6[B-]5(F)F)C=C4)nn3)[C@@H](O)[C@H](O)[C@H]2O)cc1. The zero-order valence-electron chi connectivity index (χ0n) is 53.8. The van der Waals surface area contributed by atoms with Gasteiger partial charge >= 0.3 is 6.97 Å². The highest BCUT2D eigenvalue weighted by Crippen LogP contribution is 2.39. The molecule has 93 heavy (non-hydrogen) atoms. The number of nitrogens with one attached hydrogen (secondary N) is 3. The standard InChI is InChI=1S/C63H84BF2N15O12/c1-40-16-24-49(54(32-40)81(88)89)72-73-51-36-55(90-8)52(34-41(51)2)74-70-44-17-19-46(20-18-44)77(7)29-11-15-57(82)67-27-13-31-92-63-61(86)60(85)59(84)56(93-63)39-91-38-45-37-78(75-71-45)30-12-26-68-62(87)50(14-9-10-28-76(5)6)69-58(83)25-23-47-21-22-48-35-53-42(3)33-43(4)79(53)64(65,66)80(47)48/h16-22,24,32-37,50,56,59-61,63,84-86H,9-15,23,25-31,38-39H2,1-8H3,(H,67,82)(H,68,87)(H,69,83)/t50-,56+,59+,60-,61+,63+/m0/s1. The summed E-state index contributed by atoms with van der Waals surface area (Å²) in [7, 11) is 7.32. The zero-order chi connectivity index (χ0) is 66.9. The van der Waals surface area contributed by atoms with E-state index in [9.17, 15) is 39.8 Å². The molecule has 3 aliphatic heterocycles. The molecule has 6 N–H and O–H groups in total. The molecule has 1 fully saturated rings. The van der Waals surface area contributed by atoms with Gasteiger partial charge in [0.2, 0.25) is 17.7 Å². The number of nitrogens with zero attached hydrogens (tertiary/aromatic N) is 12. The van der Waals surface area contributed by atoms with Crippen molar-refractivity contribution in [3.8, 4) is 5.75 Å². The Morgan fingerprint density at radius 3 is 2.34 bits per heavy atom. The molecule has 5 aromatic rings. The molecule has 3 amide bonds. The number of aliphatic hydroxyl groups excluding tert-OH is 3. The van der Waals surface area contributed by atoms with Crippen LogP contribution in [0.4, 0.5) is 42.8 Å². The number of benzene rings is 3. The summed E-state index contributed by atoms with van der Waals surface area (Å²) in [6, 6.07) is 16.4. The maximum absolute atomic E-state index is 16.0. The molecule has 1 saturated heterocycles. The number of nitro benzene ring substituents is 1. The predicted molar refractivity (Wildman–Crippen MR) is 344 cm³/mol. The second-order valence-corrected chi connectivity index (χ2v) is 23.7. The van der Waals surface area contributed by atoms with Crippen molar-refractivity contribution in [1.29, 1.82) is 0 Å². The molecule has 0 bridgehead atoms. The lowest BCUT2D eigenvalue weighted by atomic mass is 9.90. The van der Waals surface area contributed by atoms with E-state index >= 15 is 8.63 Å². The van der Waals surface area contributed by atoms with Gasteiger partial charge in [-0.15, -0.1) is 20.4 Å². The van der Waals surface area contributed by atoms with Gasteiger partial charge < -0.3 is 77.6 Å². The minimum atomic E-state index is -4.17. The number of carbonyl (C=O) groups is 3. The summed E-state index contributed by atoms with van der Waals surface area (Å²) in [5.74, 6) is -0.530. The first-order valence-corrected chi connectivity index (χ1v) is 31.1. The Hall–Kier alpha value is -8.52. The van der Waals surface area contributed by atoms with Crippen molar-refractivity contribution in [3.05, 3.63) is 129 Å². The number of carbonyl (C=O) groups excluding carboxylic acids is 3. The Bertz CT molecular complexity index is 3600. The number of methoxy groups -OCH3 is 1. The maximum Gasteiger partial charge on any atom is 0.737 e. The number of allylic oxidation sites excluding steroid dienone is 2. The molecule has 3 aromatic carbocycles. The van der Waals surface area contributed by atoms with E-state index in [1.807, 2.05) is 62.1 Å². The van der Waals surface area contributed by atoms with Crippen molar-refractivity contribution in [3.63, 3.8) is 0 Å². The number of halogens is 2. The van der Waals surface area contributed by atoms with Gasteiger partial charge in [-0.3, -0.25) is 29.2 Å². The summed E-state index contributed by atoms with van der Waals surface area (Å²) in [6.07, 6.45) is 3.24. The van der Waals surface area contributed by atoms with Gasteiger partial charge in [0.15, 0.2) is 17.7 Å². The summed E-state index contributed by atoms with van der Waals surface area (Å²) in [5.41, 5.74) is 6.69. The monoisotopic (exact) mass is 1290 g/mol. The molecule has 8 rings (SSSR count). The fourth-order valence-corrected chi connectivity index (χ4v) is 11.1. The van der Waals surface area contributed by atoms with Crippen LogP contribution in [0.1, 0.15) is 91.6 Å². The number of hydrogen-bond donors (Lipinski definition) is 6. The fraction of sp³-hybridized carbons (Fsp3) is 0.492. The summed E-state index contributed by atoms with van der Waals surface area (Å²) < 4.78 is 58.5. The third kappa shape index (κ3) is 18.8. The van der Waals surface area contributed by atoms with E-state index in [1.54, 1.807) is 80.2 Å². The normalized spacial score (nSPS) is 18.6. The molecule has 0 unspecified atom stereocenters. The average Bonchev–Trinajstić information content (AvgIpc) is 1.59. The summed E-state index contributed by atoms with van der Waals surface area (Å²) in [5, 5.41) is 77.6. The van der Waals surface area contributed by atoms with E-state index in [-0.39, 0.29) is 75.4 Å². The number of hydrogen-bond acceptors (Lipinski definition) is 20. The molecule has 0 aliphatic carbocycles. The molecule has 500 valence electrons. The van der Waals surface area contributed by atoms with Gasteiger partial charge in [-0.05, 0) is 152 Å². The Morgan fingerprint density at radius 2 is 1.59 bits per heavy atom. The molecular weight excluding hydrogens is 1210 g/mol. The van der Waals surface area contributed by atoms with Crippen LogP contribution in [0.5, 0.6) is 5.75 Å². The molecule has 2 aromatic heterocycles. The molecule has 3 aliphatic rings. The summed E-state index contributed by atoms with van der Waals surface area (Å²) in [4.78, 5) is 54.6.